The van der Waals surface area contributed by atoms with Gasteiger partial charge in [0.1, 0.15) is 18.2 Å². The fraction of sp³-hybridized carbons (Fsp3) is 0.462. The second-order valence-corrected chi connectivity index (χ2v) is 4.21. The van der Waals surface area contributed by atoms with Crippen LogP contribution in [0.3, 0.4) is 0 Å². The van der Waals surface area contributed by atoms with E-state index in [1.165, 1.54) is 0 Å². The normalized spacial score (nSPS) is 12.2. The molecule has 1 atom stereocenters. The van der Waals surface area contributed by atoms with Crippen LogP contribution in [0.2, 0.25) is 0 Å². The van der Waals surface area contributed by atoms with Crippen LogP contribution in [0.25, 0.3) is 0 Å². The molecular formula is C13H20N2O2. The van der Waals surface area contributed by atoms with Gasteiger partial charge in [0.15, 0.2) is 0 Å². The highest BCUT2D eigenvalue weighted by molar-refractivity contribution is 5.95. The predicted molar refractivity (Wildman–Crippen MR) is 68.9 cm³/mol. The van der Waals surface area contributed by atoms with E-state index in [1.54, 1.807) is 7.11 Å². The van der Waals surface area contributed by atoms with Gasteiger partial charge in [0.05, 0.1) is 6.10 Å². The minimum absolute atomic E-state index is 0.0567. The first-order valence-electron chi connectivity index (χ1n) is 5.57. The van der Waals surface area contributed by atoms with Gasteiger partial charge in [0.2, 0.25) is 0 Å². The highest BCUT2D eigenvalue weighted by Crippen LogP contribution is 2.24. The minimum atomic E-state index is 0.0567. The van der Waals surface area contributed by atoms with Crippen molar-refractivity contribution in [2.45, 2.75) is 26.9 Å². The Morgan fingerprint density at radius 2 is 1.88 bits per heavy atom. The summed E-state index contributed by atoms with van der Waals surface area (Å²) in [6.07, 6.45) is 0.0567. The van der Waals surface area contributed by atoms with Gasteiger partial charge in [-0.3, -0.25) is 5.41 Å². The highest BCUT2D eigenvalue weighted by Gasteiger charge is 2.09. The average molecular weight is 236 g/mol. The van der Waals surface area contributed by atoms with E-state index in [2.05, 4.69) is 0 Å². The van der Waals surface area contributed by atoms with Crippen molar-refractivity contribution in [3.8, 4) is 5.75 Å². The maximum absolute atomic E-state index is 7.42. The van der Waals surface area contributed by atoms with Gasteiger partial charge in [-0.1, -0.05) is 0 Å². The van der Waals surface area contributed by atoms with Crippen LogP contribution in [-0.2, 0) is 4.74 Å². The smallest absolute Gasteiger partial charge is 0.125 e. The molecule has 4 heteroatoms. The number of benzene rings is 1. The van der Waals surface area contributed by atoms with Crippen LogP contribution in [0.4, 0.5) is 0 Å². The molecule has 17 heavy (non-hydrogen) atoms. The van der Waals surface area contributed by atoms with E-state index >= 15 is 0 Å². The van der Waals surface area contributed by atoms with Crippen molar-refractivity contribution in [3.05, 3.63) is 28.8 Å². The van der Waals surface area contributed by atoms with E-state index in [9.17, 15) is 0 Å². The van der Waals surface area contributed by atoms with Crippen LogP contribution in [0.5, 0.6) is 5.75 Å². The Labute approximate surface area is 102 Å². The van der Waals surface area contributed by atoms with Gasteiger partial charge in [0, 0.05) is 12.7 Å². The van der Waals surface area contributed by atoms with Crippen molar-refractivity contribution < 1.29 is 9.47 Å². The lowest BCUT2D eigenvalue weighted by atomic mass is 10.1. The summed E-state index contributed by atoms with van der Waals surface area (Å²) >= 11 is 0. The molecule has 3 N–H and O–H groups in total. The number of nitrogen functional groups attached to an aromatic ring is 1. The van der Waals surface area contributed by atoms with Gasteiger partial charge in [-0.15, -0.1) is 0 Å². The number of ether oxygens (including phenoxy) is 2. The maximum Gasteiger partial charge on any atom is 0.125 e. The molecule has 0 saturated carbocycles. The number of hydrogen-bond donors (Lipinski definition) is 2. The molecule has 0 aliphatic rings. The van der Waals surface area contributed by atoms with Crippen LogP contribution in [0.15, 0.2) is 12.1 Å². The molecule has 0 aliphatic carbocycles. The standard InChI is InChI=1S/C13H20N2O2/c1-8-5-11(13(14)15)6-9(2)12(8)17-7-10(3)16-4/h5-6,10H,7H2,1-4H3,(H3,14,15). The molecule has 94 valence electrons. The van der Waals surface area contributed by atoms with Crippen molar-refractivity contribution >= 4 is 5.84 Å². The fourth-order valence-corrected chi connectivity index (χ4v) is 1.60. The van der Waals surface area contributed by atoms with Crippen molar-refractivity contribution in [1.82, 2.24) is 0 Å². The average Bonchev–Trinajstić information content (AvgIpc) is 2.27. The van der Waals surface area contributed by atoms with Gasteiger partial charge >= 0.3 is 0 Å². The van der Waals surface area contributed by atoms with Crippen molar-refractivity contribution in [2.24, 2.45) is 5.73 Å². The number of rotatable bonds is 5. The summed E-state index contributed by atoms with van der Waals surface area (Å²) in [4.78, 5) is 0. The minimum Gasteiger partial charge on any atom is -0.490 e. The summed E-state index contributed by atoms with van der Waals surface area (Å²) in [5, 5.41) is 7.42. The number of methoxy groups -OCH3 is 1. The third-order valence-electron chi connectivity index (χ3n) is 2.64. The summed E-state index contributed by atoms with van der Waals surface area (Å²) in [6.45, 7) is 6.37. The lowest BCUT2D eigenvalue weighted by Gasteiger charge is -2.16. The Bertz CT molecular complexity index is 393. The van der Waals surface area contributed by atoms with Crippen LogP contribution in [0.1, 0.15) is 23.6 Å². The molecule has 4 nitrogen and oxygen atoms in total. The van der Waals surface area contributed by atoms with Gasteiger partial charge < -0.3 is 15.2 Å². The molecular weight excluding hydrogens is 216 g/mol. The van der Waals surface area contributed by atoms with E-state index in [1.807, 2.05) is 32.9 Å². The SMILES string of the molecule is COC(C)COc1c(C)cc(C(=N)N)cc1C. The number of nitrogens with one attached hydrogen (secondary N) is 1. The third-order valence-corrected chi connectivity index (χ3v) is 2.64. The molecule has 0 saturated heterocycles. The predicted octanol–water partition coefficient (Wildman–Crippen LogP) is 2.00. The topological polar surface area (TPSA) is 68.3 Å². The Balaban J connectivity index is 2.90. The summed E-state index contributed by atoms with van der Waals surface area (Å²) in [5.41, 5.74) is 8.17. The van der Waals surface area contributed by atoms with E-state index in [0.717, 1.165) is 22.4 Å². The largest absolute Gasteiger partial charge is 0.490 e. The van der Waals surface area contributed by atoms with E-state index in [4.69, 9.17) is 20.6 Å². The van der Waals surface area contributed by atoms with Crippen molar-refractivity contribution in [3.63, 3.8) is 0 Å². The molecule has 0 spiro atoms. The Hall–Kier alpha value is -1.55. The highest BCUT2D eigenvalue weighted by atomic mass is 16.5. The quantitative estimate of drug-likeness (QED) is 0.607. The van der Waals surface area contributed by atoms with E-state index < -0.39 is 0 Å². The molecule has 0 amide bonds. The number of nitrogens with two attached hydrogens (primary N) is 1. The van der Waals surface area contributed by atoms with Gasteiger partial charge in [0.25, 0.3) is 0 Å². The lowest BCUT2D eigenvalue weighted by molar-refractivity contribution is 0.0712. The molecule has 0 heterocycles. The zero-order chi connectivity index (χ0) is 13.0. The summed E-state index contributed by atoms with van der Waals surface area (Å²) < 4.78 is 10.9. The van der Waals surface area contributed by atoms with Crippen molar-refractivity contribution in [1.29, 1.82) is 5.41 Å². The van der Waals surface area contributed by atoms with E-state index in [-0.39, 0.29) is 11.9 Å². The number of amidine groups is 1. The van der Waals surface area contributed by atoms with Crippen LogP contribution < -0.4 is 10.5 Å². The first-order chi connectivity index (χ1) is 7.95. The third kappa shape index (κ3) is 3.46. The number of aryl methyl sites for hydroxylation is 2. The molecule has 1 unspecified atom stereocenters. The lowest BCUT2D eigenvalue weighted by Crippen LogP contribution is -2.17. The van der Waals surface area contributed by atoms with E-state index in [0.29, 0.717) is 6.61 Å². The molecule has 0 aromatic heterocycles. The Kier molecular flexibility index (Phi) is 4.52. The van der Waals surface area contributed by atoms with Crippen LogP contribution >= 0.6 is 0 Å². The zero-order valence-electron chi connectivity index (χ0n) is 10.8. The van der Waals surface area contributed by atoms with Crippen LogP contribution in [-0.4, -0.2) is 25.7 Å². The second-order valence-electron chi connectivity index (χ2n) is 4.21. The molecule has 0 fully saturated rings. The maximum atomic E-state index is 7.42. The van der Waals surface area contributed by atoms with Gasteiger partial charge in [-0.2, -0.15) is 0 Å². The summed E-state index contributed by atoms with van der Waals surface area (Å²) in [6, 6.07) is 3.73. The monoisotopic (exact) mass is 236 g/mol. The summed E-state index contributed by atoms with van der Waals surface area (Å²) in [7, 11) is 1.66. The zero-order valence-corrected chi connectivity index (χ0v) is 10.8. The van der Waals surface area contributed by atoms with Gasteiger partial charge in [-0.25, -0.2) is 0 Å². The first-order valence-corrected chi connectivity index (χ1v) is 5.57. The summed E-state index contributed by atoms with van der Waals surface area (Å²) in [5.74, 6) is 0.923. The molecule has 0 radical (unpaired) electrons. The molecule has 1 rings (SSSR count). The molecule has 1 aromatic carbocycles. The second kappa shape index (κ2) is 5.68. The first kappa shape index (κ1) is 13.5. The molecule has 0 aliphatic heterocycles. The van der Waals surface area contributed by atoms with Gasteiger partial charge in [-0.05, 0) is 44.0 Å². The number of hydrogen-bond acceptors (Lipinski definition) is 3. The van der Waals surface area contributed by atoms with Crippen LogP contribution in [0, 0.1) is 19.3 Å². The Morgan fingerprint density at radius 3 is 2.29 bits per heavy atom. The Morgan fingerprint density at radius 1 is 1.35 bits per heavy atom. The molecule has 1 aromatic rings. The fourth-order valence-electron chi connectivity index (χ4n) is 1.60. The molecule has 0 bridgehead atoms. The van der Waals surface area contributed by atoms with Crippen molar-refractivity contribution in [2.75, 3.05) is 13.7 Å².